The molecule has 3 unspecified atom stereocenters. The van der Waals surface area contributed by atoms with Crippen molar-refractivity contribution in [2.75, 3.05) is 6.61 Å². The smallest absolute Gasteiger partial charge is 0.220 e. The molecular formula is C52H103NO4. The number of rotatable bonds is 48. The first-order chi connectivity index (χ1) is 28.1. The van der Waals surface area contributed by atoms with Gasteiger partial charge in [0.15, 0.2) is 0 Å². The van der Waals surface area contributed by atoms with E-state index in [1.54, 1.807) is 0 Å². The van der Waals surface area contributed by atoms with E-state index in [-0.39, 0.29) is 12.5 Å². The number of allylic oxidation sites excluding steroid dienone is 2. The minimum atomic E-state index is -1.15. The minimum absolute atomic E-state index is 0.148. The van der Waals surface area contributed by atoms with E-state index in [4.69, 9.17) is 0 Å². The number of aliphatic hydroxyl groups excluding tert-OH is 3. The Morgan fingerprint density at radius 1 is 0.421 bits per heavy atom. The van der Waals surface area contributed by atoms with Crippen molar-refractivity contribution in [3.05, 3.63) is 12.2 Å². The first kappa shape index (κ1) is 56.1. The van der Waals surface area contributed by atoms with Crippen molar-refractivity contribution in [3.8, 4) is 0 Å². The van der Waals surface area contributed by atoms with Gasteiger partial charge in [-0.05, 0) is 38.5 Å². The lowest BCUT2D eigenvalue weighted by Gasteiger charge is -2.26. The lowest BCUT2D eigenvalue weighted by molar-refractivity contribution is -0.124. The first-order valence-corrected chi connectivity index (χ1v) is 26.0. The second-order valence-corrected chi connectivity index (χ2v) is 18.1. The van der Waals surface area contributed by atoms with E-state index in [2.05, 4.69) is 31.3 Å². The van der Waals surface area contributed by atoms with Crippen LogP contribution in [0.25, 0.3) is 0 Å². The number of carbonyl (C=O) groups excluding carboxylic acids is 1. The summed E-state index contributed by atoms with van der Waals surface area (Å²) in [5.74, 6) is -0.148. The highest BCUT2D eigenvalue weighted by molar-refractivity contribution is 5.76. The van der Waals surface area contributed by atoms with Gasteiger partial charge in [-0.3, -0.25) is 4.79 Å². The molecule has 0 fully saturated rings. The summed E-state index contributed by atoms with van der Waals surface area (Å²) in [6, 6.07) is -0.821. The van der Waals surface area contributed by atoms with Crippen LogP contribution in [-0.4, -0.2) is 46.1 Å². The molecule has 0 saturated heterocycles. The fraction of sp³-hybridized carbons (Fsp3) is 0.942. The highest BCUT2D eigenvalue weighted by atomic mass is 16.3. The van der Waals surface area contributed by atoms with Gasteiger partial charge in [0.2, 0.25) is 5.91 Å². The van der Waals surface area contributed by atoms with Crippen molar-refractivity contribution in [2.45, 2.75) is 308 Å². The molecule has 0 heterocycles. The predicted octanol–water partition coefficient (Wildman–Crippen LogP) is 15.6. The Morgan fingerprint density at radius 3 is 1.02 bits per heavy atom. The number of amides is 1. The zero-order valence-electron chi connectivity index (χ0n) is 38.7. The van der Waals surface area contributed by atoms with E-state index < -0.39 is 18.2 Å². The summed E-state index contributed by atoms with van der Waals surface area (Å²) in [4.78, 5) is 12.5. The van der Waals surface area contributed by atoms with E-state index in [0.717, 1.165) is 38.5 Å². The molecule has 0 saturated carbocycles. The van der Waals surface area contributed by atoms with E-state index in [1.165, 1.54) is 225 Å². The van der Waals surface area contributed by atoms with Crippen LogP contribution in [0.4, 0.5) is 0 Å². The summed E-state index contributed by atoms with van der Waals surface area (Å²) in [6.45, 7) is 4.19. The number of hydrogen-bond acceptors (Lipinski definition) is 4. The van der Waals surface area contributed by atoms with Crippen LogP contribution in [0, 0.1) is 0 Å². The number of hydrogen-bond donors (Lipinski definition) is 4. The quantitative estimate of drug-likeness (QED) is 0.0364. The average Bonchev–Trinajstić information content (AvgIpc) is 3.22. The van der Waals surface area contributed by atoms with Gasteiger partial charge in [0.1, 0.15) is 6.10 Å². The Hall–Kier alpha value is -0.910. The molecule has 0 rings (SSSR count). The molecule has 0 aromatic heterocycles. The highest BCUT2D eigenvalue weighted by Crippen LogP contribution is 2.17. The van der Waals surface area contributed by atoms with Crippen molar-refractivity contribution >= 4 is 5.91 Å². The Balaban J connectivity index is 3.51. The minimum Gasteiger partial charge on any atom is -0.394 e. The molecule has 0 spiro atoms. The molecule has 0 aromatic carbocycles. The number of unbranched alkanes of at least 4 members (excludes halogenated alkanes) is 38. The fourth-order valence-electron chi connectivity index (χ4n) is 8.34. The van der Waals surface area contributed by atoms with E-state index in [1.807, 2.05) is 0 Å². The van der Waals surface area contributed by atoms with Crippen molar-refractivity contribution in [1.82, 2.24) is 5.32 Å². The molecule has 0 bridgehead atoms. The van der Waals surface area contributed by atoms with Crippen molar-refractivity contribution < 1.29 is 20.1 Å². The lowest BCUT2D eigenvalue weighted by Crippen LogP contribution is -2.50. The van der Waals surface area contributed by atoms with Crippen LogP contribution < -0.4 is 5.32 Å². The molecule has 4 N–H and O–H groups in total. The number of aliphatic hydroxyl groups is 3. The van der Waals surface area contributed by atoms with Gasteiger partial charge in [-0.25, -0.2) is 0 Å². The maximum absolute atomic E-state index is 12.5. The van der Waals surface area contributed by atoms with Crippen LogP contribution in [0.5, 0.6) is 0 Å². The SMILES string of the molecule is CCCCCCCCCCCC/C=C/CCCC(O)C(O)C(CO)NC(=O)CCCCCCCCCCCCCCCCCCCCCCCCCCCCCC. The molecular weight excluding hydrogens is 703 g/mol. The third-order valence-electron chi connectivity index (χ3n) is 12.4. The van der Waals surface area contributed by atoms with Gasteiger partial charge in [0.05, 0.1) is 18.8 Å². The van der Waals surface area contributed by atoms with Gasteiger partial charge in [0, 0.05) is 6.42 Å². The third kappa shape index (κ3) is 43.0. The Labute approximate surface area is 357 Å². The maximum Gasteiger partial charge on any atom is 0.220 e. The normalized spacial score (nSPS) is 13.4. The predicted molar refractivity (Wildman–Crippen MR) is 250 cm³/mol. The highest BCUT2D eigenvalue weighted by Gasteiger charge is 2.26. The van der Waals surface area contributed by atoms with Crippen LogP contribution in [0.3, 0.4) is 0 Å². The van der Waals surface area contributed by atoms with Gasteiger partial charge in [-0.15, -0.1) is 0 Å². The molecule has 0 aliphatic heterocycles. The van der Waals surface area contributed by atoms with E-state index in [9.17, 15) is 20.1 Å². The molecule has 5 heteroatoms. The average molecular weight is 806 g/mol. The molecule has 1 amide bonds. The van der Waals surface area contributed by atoms with Crippen molar-refractivity contribution in [3.63, 3.8) is 0 Å². The largest absolute Gasteiger partial charge is 0.394 e. The van der Waals surface area contributed by atoms with Crippen LogP contribution in [0.1, 0.15) is 290 Å². The second kappa shape index (κ2) is 47.8. The third-order valence-corrected chi connectivity index (χ3v) is 12.4. The summed E-state index contributed by atoms with van der Waals surface area (Å²) in [6.07, 6.45) is 57.9. The molecule has 0 aliphatic rings. The van der Waals surface area contributed by atoms with Crippen LogP contribution in [-0.2, 0) is 4.79 Å². The molecule has 0 radical (unpaired) electrons. The molecule has 3 atom stereocenters. The Morgan fingerprint density at radius 2 is 0.702 bits per heavy atom. The Bertz CT molecular complexity index is 803. The Kier molecular flexibility index (Phi) is 47.0. The van der Waals surface area contributed by atoms with Gasteiger partial charge in [-0.2, -0.15) is 0 Å². The van der Waals surface area contributed by atoms with E-state index >= 15 is 0 Å². The summed E-state index contributed by atoms with van der Waals surface area (Å²) < 4.78 is 0. The van der Waals surface area contributed by atoms with Gasteiger partial charge in [-0.1, -0.05) is 257 Å². The summed E-state index contributed by atoms with van der Waals surface area (Å²) in [5, 5.41) is 33.6. The topological polar surface area (TPSA) is 89.8 Å². The standard InChI is InChI=1S/C52H103NO4/c1-3-5-7-9-11-13-15-17-19-20-21-22-23-24-25-26-27-28-29-30-31-33-35-37-39-41-43-45-47-51(56)53-49(48-54)52(57)50(55)46-44-42-40-38-36-34-32-18-16-14-12-10-8-6-4-2/h38,40,49-50,52,54-55,57H,3-37,39,41-48H2,1-2H3,(H,53,56)/b40-38+. The van der Waals surface area contributed by atoms with Crippen molar-refractivity contribution in [2.24, 2.45) is 0 Å². The molecule has 0 aromatic rings. The number of carbonyl (C=O) groups is 1. The van der Waals surface area contributed by atoms with Gasteiger partial charge < -0.3 is 20.6 Å². The maximum atomic E-state index is 12.5. The zero-order valence-corrected chi connectivity index (χ0v) is 38.7. The van der Waals surface area contributed by atoms with Crippen LogP contribution >= 0.6 is 0 Å². The summed E-state index contributed by atoms with van der Waals surface area (Å²) in [5.41, 5.74) is 0. The summed E-state index contributed by atoms with van der Waals surface area (Å²) >= 11 is 0. The van der Waals surface area contributed by atoms with Gasteiger partial charge >= 0.3 is 0 Å². The van der Waals surface area contributed by atoms with Gasteiger partial charge in [0.25, 0.3) is 0 Å². The first-order valence-electron chi connectivity index (χ1n) is 26.0. The lowest BCUT2D eigenvalue weighted by atomic mass is 10.0. The van der Waals surface area contributed by atoms with Crippen LogP contribution in [0.2, 0.25) is 0 Å². The molecule has 0 aliphatic carbocycles. The monoisotopic (exact) mass is 806 g/mol. The molecule has 340 valence electrons. The molecule has 57 heavy (non-hydrogen) atoms. The zero-order chi connectivity index (χ0) is 41.5. The fourth-order valence-corrected chi connectivity index (χ4v) is 8.34. The second-order valence-electron chi connectivity index (χ2n) is 18.1. The number of nitrogens with one attached hydrogen (secondary N) is 1. The van der Waals surface area contributed by atoms with Crippen molar-refractivity contribution in [1.29, 1.82) is 0 Å². The van der Waals surface area contributed by atoms with Crippen LogP contribution in [0.15, 0.2) is 12.2 Å². The molecule has 5 nitrogen and oxygen atoms in total. The summed E-state index contributed by atoms with van der Waals surface area (Å²) in [7, 11) is 0. The van der Waals surface area contributed by atoms with E-state index in [0.29, 0.717) is 12.8 Å².